The summed E-state index contributed by atoms with van der Waals surface area (Å²) in [5, 5.41) is 10.0. The lowest BCUT2D eigenvalue weighted by Crippen LogP contribution is -2.06. The van der Waals surface area contributed by atoms with Crippen molar-refractivity contribution >= 4 is 17.3 Å². The molecule has 0 aliphatic rings. The second-order valence-corrected chi connectivity index (χ2v) is 5.81. The normalized spacial score (nSPS) is 10.3. The van der Waals surface area contributed by atoms with Crippen molar-refractivity contribution < 1.29 is 19.4 Å². The van der Waals surface area contributed by atoms with Crippen molar-refractivity contribution in [2.24, 2.45) is 0 Å². The van der Waals surface area contributed by atoms with E-state index >= 15 is 0 Å². The molecule has 0 spiro atoms. The zero-order chi connectivity index (χ0) is 16.2. The Morgan fingerprint density at radius 3 is 2.48 bits per heavy atom. The number of hydrogen-bond donors (Lipinski definition) is 1. The van der Waals surface area contributed by atoms with Gasteiger partial charge in [-0.1, -0.05) is 30.3 Å². The van der Waals surface area contributed by atoms with E-state index in [-0.39, 0.29) is 10.6 Å². The fourth-order valence-electron chi connectivity index (χ4n) is 2.09. The molecule has 0 aliphatic heterocycles. The van der Waals surface area contributed by atoms with E-state index in [2.05, 4.69) is 0 Å². The van der Waals surface area contributed by atoms with Gasteiger partial charge in [0.15, 0.2) is 4.88 Å². The van der Waals surface area contributed by atoms with E-state index in [0.717, 1.165) is 10.4 Å². The van der Waals surface area contributed by atoms with E-state index in [4.69, 9.17) is 9.47 Å². The Kier molecular flexibility index (Phi) is 4.30. The van der Waals surface area contributed by atoms with Gasteiger partial charge in [-0.25, -0.2) is 4.79 Å². The number of carbonyl (C=O) groups excluding carboxylic acids is 1. The monoisotopic (exact) mass is 326 g/mol. The number of hydrogen-bond acceptors (Lipinski definition) is 5. The lowest BCUT2D eigenvalue weighted by atomic mass is 10.2. The van der Waals surface area contributed by atoms with Crippen LogP contribution in [0.15, 0.2) is 60.7 Å². The second-order valence-electron chi connectivity index (χ2n) is 4.76. The molecule has 0 bridgehead atoms. The van der Waals surface area contributed by atoms with Crippen LogP contribution in [0, 0.1) is 0 Å². The first-order chi connectivity index (χ1) is 11.2. The smallest absolute Gasteiger partial charge is 0.357 e. The Bertz CT molecular complexity index is 824. The van der Waals surface area contributed by atoms with Crippen molar-refractivity contribution in [3.63, 3.8) is 0 Å². The summed E-state index contributed by atoms with van der Waals surface area (Å²) in [4.78, 5) is 13.1. The van der Waals surface area contributed by atoms with E-state index in [9.17, 15) is 9.90 Å². The molecular formula is C18H14O4S. The van der Waals surface area contributed by atoms with Crippen LogP contribution in [-0.2, 0) is 0 Å². The average Bonchev–Trinajstić information content (AvgIpc) is 2.98. The highest BCUT2D eigenvalue weighted by molar-refractivity contribution is 7.17. The van der Waals surface area contributed by atoms with Gasteiger partial charge in [-0.15, -0.1) is 11.3 Å². The molecule has 0 aliphatic carbocycles. The van der Waals surface area contributed by atoms with Crippen molar-refractivity contribution in [2.45, 2.75) is 0 Å². The highest BCUT2D eigenvalue weighted by Crippen LogP contribution is 2.37. The number of methoxy groups -OCH3 is 1. The zero-order valence-electron chi connectivity index (χ0n) is 12.4. The predicted molar refractivity (Wildman–Crippen MR) is 89.4 cm³/mol. The Balaban J connectivity index is 1.87. The summed E-state index contributed by atoms with van der Waals surface area (Å²) in [5.41, 5.74) is 0.864. The molecule has 0 unspecified atom stereocenters. The molecule has 0 amide bonds. The van der Waals surface area contributed by atoms with Gasteiger partial charge >= 0.3 is 5.97 Å². The van der Waals surface area contributed by atoms with Crippen molar-refractivity contribution in [2.75, 3.05) is 7.11 Å². The summed E-state index contributed by atoms with van der Waals surface area (Å²) in [7, 11) is 1.59. The van der Waals surface area contributed by atoms with Crippen LogP contribution in [0.4, 0.5) is 0 Å². The van der Waals surface area contributed by atoms with E-state index in [1.165, 1.54) is 11.3 Å². The van der Waals surface area contributed by atoms with E-state index < -0.39 is 5.97 Å². The minimum atomic E-state index is -0.576. The molecule has 23 heavy (non-hydrogen) atoms. The van der Waals surface area contributed by atoms with Crippen LogP contribution in [0.1, 0.15) is 9.67 Å². The molecule has 1 heterocycles. The molecule has 3 aromatic rings. The molecule has 5 heteroatoms. The van der Waals surface area contributed by atoms with Gasteiger partial charge in [0.2, 0.25) is 0 Å². The van der Waals surface area contributed by atoms with Gasteiger partial charge < -0.3 is 14.6 Å². The van der Waals surface area contributed by atoms with E-state index in [1.54, 1.807) is 37.4 Å². The van der Waals surface area contributed by atoms with Crippen LogP contribution in [0.2, 0.25) is 0 Å². The predicted octanol–water partition coefficient (Wildman–Crippen LogP) is 4.35. The largest absolute Gasteiger partial charge is 0.506 e. The molecule has 1 aromatic heterocycles. The molecule has 1 N–H and O–H groups in total. The first-order valence-electron chi connectivity index (χ1n) is 6.92. The first kappa shape index (κ1) is 15.1. The number of esters is 1. The SMILES string of the molecule is COc1cccc(-c2cc(O)c(C(=O)Oc3ccccc3)s2)c1. The topological polar surface area (TPSA) is 55.8 Å². The minimum Gasteiger partial charge on any atom is -0.506 e. The van der Waals surface area contributed by atoms with Gasteiger partial charge in [0, 0.05) is 4.88 Å². The fraction of sp³-hybridized carbons (Fsp3) is 0.0556. The van der Waals surface area contributed by atoms with E-state index in [0.29, 0.717) is 11.5 Å². The standard InChI is InChI=1S/C18H14O4S/c1-21-14-9-5-6-12(10-14)16-11-15(19)17(23-16)18(20)22-13-7-3-2-4-8-13/h2-11,19H,1H3. The number of thiophene rings is 1. The number of rotatable bonds is 4. The van der Waals surface area contributed by atoms with Gasteiger partial charge in [0.25, 0.3) is 0 Å². The third-order valence-corrected chi connectivity index (χ3v) is 4.36. The van der Waals surface area contributed by atoms with Crippen molar-refractivity contribution in [3.8, 4) is 27.7 Å². The third kappa shape index (κ3) is 3.35. The second kappa shape index (κ2) is 6.54. The highest BCUT2D eigenvalue weighted by atomic mass is 32.1. The van der Waals surface area contributed by atoms with Gasteiger partial charge in [0.05, 0.1) is 7.11 Å². The molecule has 0 atom stereocenters. The molecule has 0 saturated heterocycles. The van der Waals surface area contributed by atoms with Crippen LogP contribution in [0.5, 0.6) is 17.2 Å². The van der Waals surface area contributed by atoms with Crippen LogP contribution in [0.25, 0.3) is 10.4 Å². The summed E-state index contributed by atoms with van der Waals surface area (Å²) in [5.74, 6) is 0.485. The molecule has 4 nitrogen and oxygen atoms in total. The highest BCUT2D eigenvalue weighted by Gasteiger charge is 2.19. The van der Waals surface area contributed by atoms with Crippen molar-refractivity contribution in [3.05, 3.63) is 65.5 Å². The lowest BCUT2D eigenvalue weighted by Gasteiger charge is -2.02. The van der Waals surface area contributed by atoms with Gasteiger partial charge in [-0.3, -0.25) is 0 Å². The van der Waals surface area contributed by atoms with Crippen LogP contribution in [-0.4, -0.2) is 18.2 Å². The van der Waals surface area contributed by atoms with Crippen LogP contribution < -0.4 is 9.47 Å². The quantitative estimate of drug-likeness (QED) is 0.572. The van der Waals surface area contributed by atoms with Crippen LogP contribution >= 0.6 is 11.3 Å². The Labute approximate surface area is 137 Å². The summed E-state index contributed by atoms with van der Waals surface area (Å²) in [6.45, 7) is 0. The van der Waals surface area contributed by atoms with E-state index in [1.807, 2.05) is 30.3 Å². The number of benzene rings is 2. The molecule has 3 rings (SSSR count). The number of carbonyl (C=O) groups is 1. The zero-order valence-corrected chi connectivity index (χ0v) is 13.2. The summed E-state index contributed by atoms with van der Waals surface area (Å²) in [6, 6.07) is 17.7. The number of para-hydroxylation sites is 1. The molecular weight excluding hydrogens is 312 g/mol. The maximum atomic E-state index is 12.2. The molecule has 0 saturated carbocycles. The first-order valence-corrected chi connectivity index (χ1v) is 7.73. The maximum Gasteiger partial charge on any atom is 0.357 e. The molecule has 2 aromatic carbocycles. The lowest BCUT2D eigenvalue weighted by molar-refractivity contribution is 0.0737. The van der Waals surface area contributed by atoms with Crippen LogP contribution in [0.3, 0.4) is 0 Å². The van der Waals surface area contributed by atoms with Crippen molar-refractivity contribution in [1.29, 1.82) is 0 Å². The Morgan fingerprint density at radius 1 is 1.00 bits per heavy atom. The third-order valence-electron chi connectivity index (χ3n) is 3.21. The summed E-state index contributed by atoms with van der Waals surface area (Å²) >= 11 is 1.18. The molecule has 0 fully saturated rings. The number of ether oxygens (including phenoxy) is 2. The Hall–Kier alpha value is -2.79. The van der Waals surface area contributed by atoms with Gasteiger partial charge in [-0.2, -0.15) is 0 Å². The summed E-state index contributed by atoms with van der Waals surface area (Å²) < 4.78 is 10.5. The number of aromatic hydroxyl groups is 1. The van der Waals surface area contributed by atoms with Crippen molar-refractivity contribution in [1.82, 2.24) is 0 Å². The fourth-order valence-corrected chi connectivity index (χ4v) is 3.01. The average molecular weight is 326 g/mol. The van der Waals surface area contributed by atoms with Gasteiger partial charge in [0.1, 0.15) is 17.2 Å². The molecule has 116 valence electrons. The maximum absolute atomic E-state index is 12.2. The molecule has 0 radical (unpaired) electrons. The minimum absolute atomic E-state index is 0.0891. The summed E-state index contributed by atoms with van der Waals surface area (Å²) in [6.07, 6.45) is 0. The Morgan fingerprint density at radius 2 is 1.74 bits per heavy atom. The van der Waals surface area contributed by atoms with Gasteiger partial charge in [-0.05, 0) is 35.9 Å².